The van der Waals surface area contributed by atoms with E-state index in [-0.39, 0.29) is 21.3 Å². The van der Waals surface area contributed by atoms with Gasteiger partial charge in [0.1, 0.15) is 6.07 Å². The van der Waals surface area contributed by atoms with E-state index in [9.17, 15) is 25.4 Å². The minimum atomic E-state index is -0.862. The van der Waals surface area contributed by atoms with Crippen molar-refractivity contribution in [2.24, 2.45) is 0 Å². The van der Waals surface area contributed by atoms with Gasteiger partial charge < -0.3 is 5.21 Å². The minimum absolute atomic E-state index is 0.0623. The first-order valence-electron chi connectivity index (χ1n) is 6.23. The van der Waals surface area contributed by atoms with Gasteiger partial charge in [-0.15, -0.1) is 11.3 Å². The molecule has 0 N–H and O–H groups in total. The molecule has 0 saturated carbocycles. The number of hydrogen-bond acceptors (Lipinski definition) is 7. The van der Waals surface area contributed by atoms with E-state index < -0.39 is 21.2 Å². The van der Waals surface area contributed by atoms with Gasteiger partial charge >= 0.3 is 5.69 Å². The highest BCUT2D eigenvalue weighted by atomic mass is 35.5. The molecule has 122 valence electrons. The fourth-order valence-corrected chi connectivity index (χ4v) is 3.02. The molecule has 10 nitrogen and oxygen atoms in total. The van der Waals surface area contributed by atoms with Crippen molar-refractivity contribution in [1.29, 1.82) is 0 Å². The summed E-state index contributed by atoms with van der Waals surface area (Å²) in [4.78, 5) is 24.8. The Kier molecular flexibility index (Phi) is 3.87. The summed E-state index contributed by atoms with van der Waals surface area (Å²) < 4.78 is 1.78. The van der Waals surface area contributed by atoms with E-state index in [1.165, 1.54) is 11.3 Å². The van der Waals surface area contributed by atoms with E-state index in [0.717, 1.165) is 24.4 Å². The molecule has 0 fully saturated rings. The van der Waals surface area contributed by atoms with Crippen LogP contribution in [0.4, 0.5) is 17.1 Å². The van der Waals surface area contributed by atoms with Crippen molar-refractivity contribution in [1.82, 2.24) is 9.38 Å². The summed E-state index contributed by atoms with van der Waals surface area (Å²) in [5.41, 5.74) is -1.28. The van der Waals surface area contributed by atoms with E-state index in [1.54, 1.807) is 16.0 Å². The molecule has 2 heterocycles. The van der Waals surface area contributed by atoms with E-state index in [0.29, 0.717) is 4.96 Å². The lowest BCUT2D eigenvalue weighted by atomic mass is 10.2. The van der Waals surface area contributed by atoms with Crippen LogP contribution in [0, 0.1) is 25.4 Å². The molecule has 3 rings (SSSR count). The lowest BCUT2D eigenvalue weighted by Gasteiger charge is -2.03. The predicted molar refractivity (Wildman–Crippen MR) is 86.3 cm³/mol. The maximum Gasteiger partial charge on any atom is 0.348 e. The fourth-order valence-electron chi connectivity index (χ4n) is 2.03. The summed E-state index contributed by atoms with van der Waals surface area (Å²) in [6, 6.07) is 2.75. The first kappa shape index (κ1) is 15.8. The van der Waals surface area contributed by atoms with E-state index in [1.807, 2.05) is 0 Å². The number of aromatic nitrogens is 2. The molecule has 0 aliphatic rings. The van der Waals surface area contributed by atoms with Gasteiger partial charge in [0.05, 0.1) is 9.85 Å². The second-order valence-electron chi connectivity index (χ2n) is 4.49. The molecule has 0 aliphatic carbocycles. The number of fused-ring (bicyclic) bond motifs is 1. The van der Waals surface area contributed by atoms with Gasteiger partial charge in [0.15, 0.2) is 15.8 Å². The monoisotopic (exact) mass is 367 g/mol. The lowest BCUT2D eigenvalue weighted by molar-refractivity contribution is -0.413. The van der Waals surface area contributed by atoms with Crippen molar-refractivity contribution < 1.29 is 14.6 Å². The van der Waals surface area contributed by atoms with Crippen LogP contribution in [0.25, 0.3) is 4.96 Å². The smallest absolute Gasteiger partial charge is 0.348 e. The molecule has 2 aromatic heterocycles. The quantitative estimate of drug-likeness (QED) is 0.229. The molecule has 1 aromatic carbocycles. The van der Waals surface area contributed by atoms with Gasteiger partial charge in [0, 0.05) is 23.7 Å². The Balaban J connectivity index is 2.14. The third-order valence-electron chi connectivity index (χ3n) is 3.10. The number of rotatable bonds is 4. The second-order valence-corrected chi connectivity index (χ2v) is 5.72. The summed E-state index contributed by atoms with van der Waals surface area (Å²) in [5, 5.41) is 36.0. The molecule has 3 aromatic rings. The molecule has 0 radical (unpaired) electrons. The molecule has 0 unspecified atom stereocenters. The van der Waals surface area contributed by atoms with E-state index >= 15 is 0 Å². The number of benzene rings is 1. The number of non-ortho nitro benzene ring substituents is 1. The van der Waals surface area contributed by atoms with Crippen LogP contribution in [0.2, 0.25) is 5.15 Å². The maximum absolute atomic E-state index is 12.3. The van der Waals surface area contributed by atoms with Gasteiger partial charge in [0.2, 0.25) is 6.21 Å². The third kappa shape index (κ3) is 2.66. The highest BCUT2D eigenvalue weighted by Gasteiger charge is 2.26. The largest absolute Gasteiger partial charge is 0.618 e. The van der Waals surface area contributed by atoms with Crippen LogP contribution in [0.3, 0.4) is 0 Å². The van der Waals surface area contributed by atoms with Crippen molar-refractivity contribution in [3.8, 4) is 0 Å². The summed E-state index contributed by atoms with van der Waals surface area (Å²) in [6.45, 7) is 0. The Morgan fingerprint density at radius 3 is 2.58 bits per heavy atom. The topological polar surface area (TPSA) is 130 Å². The van der Waals surface area contributed by atoms with Gasteiger partial charge in [0.25, 0.3) is 11.4 Å². The molecule has 24 heavy (non-hydrogen) atoms. The Morgan fingerprint density at radius 1 is 1.17 bits per heavy atom. The third-order valence-corrected chi connectivity index (χ3v) is 4.13. The Hall–Kier alpha value is -3.05. The first-order chi connectivity index (χ1) is 11.4. The fraction of sp³-hybridized carbons (Fsp3) is 0. The van der Waals surface area contributed by atoms with Gasteiger partial charge in [-0.05, 0) is 0 Å². The van der Waals surface area contributed by atoms with Gasteiger partial charge in [-0.25, -0.2) is 4.98 Å². The first-order valence-corrected chi connectivity index (χ1v) is 7.49. The number of nitro groups is 2. The van der Waals surface area contributed by atoms with Crippen molar-refractivity contribution in [3.63, 3.8) is 0 Å². The van der Waals surface area contributed by atoms with Crippen LogP contribution in [0.5, 0.6) is 0 Å². The molecule has 12 heteroatoms. The Bertz CT molecular complexity index is 1010. The highest BCUT2D eigenvalue weighted by molar-refractivity contribution is 7.15. The van der Waals surface area contributed by atoms with Crippen molar-refractivity contribution in [2.75, 3.05) is 0 Å². The Labute approximate surface area is 141 Å². The average Bonchev–Trinajstić information content (AvgIpc) is 3.09. The number of hydrogen-bond donors (Lipinski definition) is 0. The average molecular weight is 368 g/mol. The minimum Gasteiger partial charge on any atom is -0.618 e. The summed E-state index contributed by atoms with van der Waals surface area (Å²) in [6.07, 6.45) is 2.67. The maximum atomic E-state index is 12.3. The molecule has 0 aliphatic heterocycles. The van der Waals surface area contributed by atoms with Crippen LogP contribution >= 0.6 is 22.9 Å². The number of thiazole rings is 1. The molecule has 0 atom stereocenters. The van der Waals surface area contributed by atoms with Gasteiger partial charge in [-0.2, -0.15) is 4.74 Å². The molecule has 0 spiro atoms. The van der Waals surface area contributed by atoms with Crippen molar-refractivity contribution in [3.05, 3.63) is 66.1 Å². The number of halogens is 1. The summed E-state index contributed by atoms with van der Waals surface area (Å²) in [7, 11) is 0. The summed E-state index contributed by atoms with van der Waals surface area (Å²) in [5.74, 6) is 0. The molecule has 0 saturated heterocycles. The van der Waals surface area contributed by atoms with E-state index in [4.69, 9.17) is 11.6 Å². The number of nitro benzene ring substituents is 2. The molecule has 0 amide bonds. The van der Waals surface area contributed by atoms with Crippen molar-refractivity contribution >= 4 is 51.2 Å². The highest BCUT2D eigenvalue weighted by Crippen LogP contribution is 2.31. The standard InChI is InChI=1S/C12H6ClN5O5S/c13-11-10(15-3-4-24-12(15)14-11)6-16(19)8-2-1-7(17(20)21)5-9(8)18(22)23/h1-6H/b16-6-. The molecule has 0 bridgehead atoms. The zero-order valence-electron chi connectivity index (χ0n) is 11.5. The van der Waals surface area contributed by atoms with Crippen LogP contribution < -0.4 is 0 Å². The van der Waals surface area contributed by atoms with Gasteiger partial charge in [-0.3, -0.25) is 24.6 Å². The van der Waals surface area contributed by atoms with Crippen LogP contribution in [-0.4, -0.2) is 30.2 Å². The Morgan fingerprint density at radius 2 is 1.92 bits per heavy atom. The zero-order chi connectivity index (χ0) is 17.4. The lowest BCUT2D eigenvalue weighted by Crippen LogP contribution is -2.04. The summed E-state index contributed by atoms with van der Waals surface area (Å²) >= 11 is 7.27. The van der Waals surface area contributed by atoms with Crippen LogP contribution in [-0.2, 0) is 0 Å². The van der Waals surface area contributed by atoms with Crippen molar-refractivity contribution in [2.45, 2.75) is 0 Å². The van der Waals surface area contributed by atoms with Gasteiger partial charge in [-0.1, -0.05) is 11.6 Å². The number of imidazole rings is 1. The predicted octanol–water partition coefficient (Wildman–Crippen LogP) is 3.13. The van der Waals surface area contributed by atoms with E-state index in [2.05, 4.69) is 4.98 Å². The second kappa shape index (κ2) is 5.86. The zero-order valence-corrected chi connectivity index (χ0v) is 13.1. The molecular weight excluding hydrogens is 362 g/mol. The molecular formula is C12H6ClN5O5S. The number of nitrogens with zero attached hydrogens (tertiary/aromatic N) is 5. The van der Waals surface area contributed by atoms with Crippen LogP contribution in [0.15, 0.2) is 29.8 Å². The SMILES string of the molecule is O=[N+]([O-])c1ccc(/[N+]([O-])=C/c2c(Cl)nc3sccn23)c([N+](=O)[O-])c1. The van der Waals surface area contributed by atoms with Crippen LogP contribution in [0.1, 0.15) is 5.69 Å². The normalized spacial score (nSPS) is 11.8.